The van der Waals surface area contributed by atoms with Gasteiger partial charge in [0.2, 0.25) is 5.91 Å². The molecule has 1 fully saturated rings. The van der Waals surface area contributed by atoms with Crippen molar-refractivity contribution in [3.63, 3.8) is 0 Å². The molecule has 8 heteroatoms. The van der Waals surface area contributed by atoms with Crippen molar-refractivity contribution in [2.24, 2.45) is 5.92 Å². The van der Waals surface area contributed by atoms with Crippen LogP contribution in [0.5, 0.6) is 0 Å². The zero-order chi connectivity index (χ0) is 14.5. The van der Waals surface area contributed by atoms with Gasteiger partial charge in [-0.2, -0.15) is 0 Å². The molecule has 0 spiro atoms. The van der Waals surface area contributed by atoms with E-state index in [1.807, 2.05) is 0 Å². The average Bonchev–Trinajstić information content (AvgIpc) is 2.82. The molecule has 1 saturated heterocycles. The molecule has 2 heterocycles. The highest BCUT2D eigenvalue weighted by Crippen LogP contribution is 2.16. The van der Waals surface area contributed by atoms with E-state index in [4.69, 9.17) is 5.11 Å². The van der Waals surface area contributed by atoms with Gasteiger partial charge < -0.3 is 15.7 Å². The number of carbonyl (C=O) groups is 2. The summed E-state index contributed by atoms with van der Waals surface area (Å²) in [6.07, 6.45) is 3.19. The summed E-state index contributed by atoms with van der Waals surface area (Å²) >= 11 is 0. The minimum Gasteiger partial charge on any atom is -0.480 e. The van der Waals surface area contributed by atoms with Crippen LogP contribution in [0.2, 0.25) is 0 Å². The molecule has 110 valence electrons. The zero-order valence-electron chi connectivity index (χ0n) is 11.4. The SMILES string of the molecule is CC1CC(C(=O)NCc2cn(CC(=O)O)nn2)CCN1. The quantitative estimate of drug-likeness (QED) is 0.663. The van der Waals surface area contributed by atoms with Crippen molar-refractivity contribution in [1.29, 1.82) is 0 Å². The van der Waals surface area contributed by atoms with E-state index in [9.17, 15) is 9.59 Å². The number of nitrogens with zero attached hydrogens (tertiary/aromatic N) is 3. The molecule has 1 amide bonds. The molecule has 1 aromatic rings. The predicted octanol–water partition coefficient (Wildman–Crippen LogP) is -0.633. The molecule has 0 bridgehead atoms. The summed E-state index contributed by atoms with van der Waals surface area (Å²) < 4.78 is 1.23. The molecule has 1 aliphatic heterocycles. The minimum atomic E-state index is -0.978. The molecule has 0 aromatic carbocycles. The van der Waals surface area contributed by atoms with Gasteiger partial charge >= 0.3 is 5.97 Å². The maximum absolute atomic E-state index is 12.0. The van der Waals surface area contributed by atoms with Crippen LogP contribution in [0.3, 0.4) is 0 Å². The van der Waals surface area contributed by atoms with Crippen molar-refractivity contribution in [3.05, 3.63) is 11.9 Å². The summed E-state index contributed by atoms with van der Waals surface area (Å²) in [6.45, 7) is 2.97. The largest absolute Gasteiger partial charge is 0.480 e. The van der Waals surface area contributed by atoms with Gasteiger partial charge in [-0.25, -0.2) is 4.68 Å². The van der Waals surface area contributed by atoms with Gasteiger partial charge in [0, 0.05) is 12.0 Å². The first kappa shape index (κ1) is 14.4. The van der Waals surface area contributed by atoms with Crippen molar-refractivity contribution >= 4 is 11.9 Å². The summed E-state index contributed by atoms with van der Waals surface area (Å²) in [6, 6.07) is 0.357. The van der Waals surface area contributed by atoms with E-state index in [0.717, 1.165) is 19.4 Å². The monoisotopic (exact) mass is 281 g/mol. The molecule has 0 aliphatic carbocycles. The number of amides is 1. The van der Waals surface area contributed by atoms with E-state index < -0.39 is 5.97 Å². The third-order valence-corrected chi connectivity index (χ3v) is 3.32. The first-order chi connectivity index (χ1) is 9.54. The molecule has 1 aliphatic rings. The maximum atomic E-state index is 12.0. The number of rotatable bonds is 5. The lowest BCUT2D eigenvalue weighted by Crippen LogP contribution is -2.42. The van der Waals surface area contributed by atoms with Crippen LogP contribution in [0.1, 0.15) is 25.5 Å². The van der Waals surface area contributed by atoms with Gasteiger partial charge in [0.25, 0.3) is 0 Å². The molecule has 0 radical (unpaired) electrons. The standard InChI is InChI=1S/C12H19N5O3/c1-8-4-9(2-3-13-8)12(20)14-5-10-6-17(16-15-10)7-11(18)19/h6,8-9,13H,2-5,7H2,1H3,(H,14,20)(H,18,19). The van der Waals surface area contributed by atoms with Crippen molar-refractivity contribution in [2.45, 2.75) is 38.9 Å². The fraction of sp³-hybridized carbons (Fsp3) is 0.667. The van der Waals surface area contributed by atoms with Crippen LogP contribution >= 0.6 is 0 Å². The Kier molecular flexibility index (Phi) is 4.67. The lowest BCUT2D eigenvalue weighted by molar-refractivity contribution is -0.138. The first-order valence-electron chi connectivity index (χ1n) is 6.66. The fourth-order valence-corrected chi connectivity index (χ4v) is 2.33. The minimum absolute atomic E-state index is 0.0196. The van der Waals surface area contributed by atoms with Crippen LogP contribution < -0.4 is 10.6 Å². The van der Waals surface area contributed by atoms with E-state index in [1.165, 1.54) is 10.9 Å². The molecule has 8 nitrogen and oxygen atoms in total. The van der Waals surface area contributed by atoms with Crippen LogP contribution in [0, 0.1) is 5.92 Å². The Balaban J connectivity index is 1.80. The summed E-state index contributed by atoms with van der Waals surface area (Å²) in [4.78, 5) is 22.5. The highest BCUT2D eigenvalue weighted by atomic mass is 16.4. The number of carboxylic acids is 1. The van der Waals surface area contributed by atoms with Gasteiger partial charge in [-0.05, 0) is 26.3 Å². The molecule has 0 saturated carbocycles. The van der Waals surface area contributed by atoms with Crippen LogP contribution in [0.25, 0.3) is 0 Å². The molecule has 1 aromatic heterocycles. The van der Waals surface area contributed by atoms with E-state index in [0.29, 0.717) is 11.7 Å². The Morgan fingerprint density at radius 2 is 2.40 bits per heavy atom. The van der Waals surface area contributed by atoms with Gasteiger partial charge in [0.15, 0.2) is 0 Å². The zero-order valence-corrected chi connectivity index (χ0v) is 11.4. The molecule has 3 N–H and O–H groups in total. The molecule has 2 atom stereocenters. The van der Waals surface area contributed by atoms with Crippen LogP contribution in [-0.2, 0) is 22.7 Å². The smallest absolute Gasteiger partial charge is 0.325 e. The molecular formula is C12H19N5O3. The fourth-order valence-electron chi connectivity index (χ4n) is 2.33. The average molecular weight is 281 g/mol. The van der Waals surface area contributed by atoms with Crippen LogP contribution in [0.15, 0.2) is 6.20 Å². The molecule has 2 unspecified atom stereocenters. The number of carbonyl (C=O) groups excluding carboxylic acids is 1. The van der Waals surface area contributed by atoms with Gasteiger partial charge in [0.1, 0.15) is 12.2 Å². The van der Waals surface area contributed by atoms with Crippen molar-refractivity contribution in [1.82, 2.24) is 25.6 Å². The van der Waals surface area contributed by atoms with E-state index in [2.05, 4.69) is 27.9 Å². The lowest BCUT2D eigenvalue weighted by Gasteiger charge is -2.26. The lowest BCUT2D eigenvalue weighted by atomic mass is 9.92. The van der Waals surface area contributed by atoms with Gasteiger partial charge in [-0.3, -0.25) is 9.59 Å². The highest BCUT2D eigenvalue weighted by Gasteiger charge is 2.24. The molecular weight excluding hydrogens is 262 g/mol. The molecule has 2 rings (SSSR count). The van der Waals surface area contributed by atoms with E-state index >= 15 is 0 Å². The Labute approximate surface area is 116 Å². The Hall–Kier alpha value is -1.96. The summed E-state index contributed by atoms with van der Waals surface area (Å²) in [7, 11) is 0. The van der Waals surface area contributed by atoms with Crippen LogP contribution in [0.4, 0.5) is 0 Å². The number of hydrogen-bond acceptors (Lipinski definition) is 5. The third-order valence-electron chi connectivity index (χ3n) is 3.32. The van der Waals surface area contributed by atoms with Gasteiger partial charge in [0.05, 0.1) is 12.7 Å². The summed E-state index contributed by atoms with van der Waals surface area (Å²) in [5.41, 5.74) is 0.557. The highest BCUT2D eigenvalue weighted by molar-refractivity contribution is 5.78. The maximum Gasteiger partial charge on any atom is 0.325 e. The van der Waals surface area contributed by atoms with E-state index in [-0.39, 0.29) is 24.9 Å². The second-order valence-corrected chi connectivity index (χ2v) is 5.10. The number of hydrogen-bond donors (Lipinski definition) is 3. The van der Waals surface area contributed by atoms with Crippen molar-refractivity contribution < 1.29 is 14.7 Å². The summed E-state index contributed by atoms with van der Waals surface area (Å²) in [5, 5.41) is 22.3. The number of aromatic nitrogens is 3. The van der Waals surface area contributed by atoms with Gasteiger partial charge in [-0.15, -0.1) is 5.10 Å². The molecule has 20 heavy (non-hydrogen) atoms. The first-order valence-corrected chi connectivity index (χ1v) is 6.66. The normalized spacial score (nSPS) is 22.4. The Morgan fingerprint density at radius 1 is 1.60 bits per heavy atom. The van der Waals surface area contributed by atoms with Crippen molar-refractivity contribution in [3.8, 4) is 0 Å². The third kappa shape index (κ3) is 4.02. The number of piperidine rings is 1. The number of carboxylic acid groups (broad SMARTS) is 1. The number of nitrogens with one attached hydrogen (secondary N) is 2. The van der Waals surface area contributed by atoms with Crippen LogP contribution in [-0.4, -0.2) is 44.6 Å². The number of aliphatic carboxylic acids is 1. The second-order valence-electron chi connectivity index (χ2n) is 5.10. The summed E-state index contributed by atoms with van der Waals surface area (Å²) in [5.74, 6) is -0.930. The topological polar surface area (TPSA) is 109 Å². The Morgan fingerprint density at radius 3 is 3.10 bits per heavy atom. The predicted molar refractivity (Wildman–Crippen MR) is 69.7 cm³/mol. The van der Waals surface area contributed by atoms with Crippen molar-refractivity contribution in [2.75, 3.05) is 6.54 Å². The van der Waals surface area contributed by atoms with E-state index in [1.54, 1.807) is 0 Å². The Bertz CT molecular complexity index is 487. The van der Waals surface area contributed by atoms with Gasteiger partial charge in [-0.1, -0.05) is 5.21 Å². The second kappa shape index (κ2) is 6.47.